The van der Waals surface area contributed by atoms with Crippen molar-refractivity contribution >= 4 is 17.0 Å². The largest absolute Gasteiger partial charge is 0.492 e. The number of rotatable bonds is 8. The molecule has 0 saturated carbocycles. The maximum absolute atomic E-state index is 11.9. The zero-order valence-electron chi connectivity index (χ0n) is 22.2. The van der Waals surface area contributed by atoms with Gasteiger partial charge in [0.1, 0.15) is 22.9 Å². The summed E-state index contributed by atoms with van der Waals surface area (Å²) in [5, 5.41) is 18.4. The van der Waals surface area contributed by atoms with Gasteiger partial charge in [-0.05, 0) is 52.8 Å². The Morgan fingerprint density at radius 1 is 1.00 bits per heavy atom. The highest BCUT2D eigenvalue weighted by Crippen LogP contribution is 2.41. The molecule has 0 bridgehead atoms. The van der Waals surface area contributed by atoms with Gasteiger partial charge in [-0.2, -0.15) is 5.10 Å². The van der Waals surface area contributed by atoms with Crippen molar-refractivity contribution in [3.8, 4) is 39.4 Å². The van der Waals surface area contributed by atoms with Crippen LogP contribution < -0.4 is 9.47 Å². The van der Waals surface area contributed by atoms with Crippen molar-refractivity contribution in [3.63, 3.8) is 0 Å². The minimum Gasteiger partial charge on any atom is -0.492 e. The number of carboxylic acid groups (broad SMARTS) is 1. The van der Waals surface area contributed by atoms with E-state index in [4.69, 9.17) is 19.0 Å². The summed E-state index contributed by atoms with van der Waals surface area (Å²) in [6, 6.07) is 5.08. The van der Waals surface area contributed by atoms with Crippen LogP contribution in [0, 0.1) is 20.8 Å². The lowest BCUT2D eigenvalue weighted by Crippen LogP contribution is -2.07. The molecule has 0 radical (unpaired) electrons. The molecule has 196 valence electrons. The van der Waals surface area contributed by atoms with Gasteiger partial charge in [0.15, 0.2) is 0 Å². The van der Waals surface area contributed by atoms with Gasteiger partial charge in [-0.1, -0.05) is 5.16 Å². The van der Waals surface area contributed by atoms with E-state index >= 15 is 0 Å². The molecule has 0 fully saturated rings. The number of fused-ring (bicyclic) bond motifs is 1. The smallest absolute Gasteiger partial charge is 0.335 e. The maximum Gasteiger partial charge on any atom is 0.335 e. The third kappa shape index (κ3) is 4.17. The number of aromatic nitrogens is 5. The number of carboxylic acids is 1. The Morgan fingerprint density at radius 3 is 2.21 bits per heavy atom. The van der Waals surface area contributed by atoms with E-state index in [0.717, 1.165) is 44.7 Å². The summed E-state index contributed by atoms with van der Waals surface area (Å²) < 4.78 is 21.1. The second kappa shape index (κ2) is 9.70. The Kier molecular flexibility index (Phi) is 6.40. The van der Waals surface area contributed by atoms with E-state index in [0.29, 0.717) is 36.2 Å². The molecular weight excluding hydrogens is 486 g/mol. The summed E-state index contributed by atoms with van der Waals surface area (Å²) in [7, 11) is 1.88. The fraction of sp³-hybridized carbons (Fsp3) is 0.286. The van der Waals surface area contributed by atoms with E-state index in [1.165, 1.54) is 12.1 Å². The summed E-state index contributed by atoms with van der Waals surface area (Å²) in [5.41, 5.74) is 7.37. The Balaban J connectivity index is 1.88. The van der Waals surface area contributed by atoms with Gasteiger partial charge in [0.25, 0.3) is 0 Å². The summed E-state index contributed by atoms with van der Waals surface area (Å²) in [6.07, 6.45) is 5.74. The number of benzene rings is 1. The van der Waals surface area contributed by atoms with Crippen LogP contribution in [0.2, 0.25) is 0 Å². The van der Waals surface area contributed by atoms with Crippen LogP contribution in [0.25, 0.3) is 39.0 Å². The number of pyridine rings is 1. The van der Waals surface area contributed by atoms with Gasteiger partial charge in [-0.15, -0.1) is 0 Å². The van der Waals surface area contributed by atoms with Crippen LogP contribution in [0.15, 0.2) is 41.3 Å². The zero-order chi connectivity index (χ0) is 27.1. The van der Waals surface area contributed by atoms with E-state index in [1.807, 2.05) is 70.9 Å². The molecule has 10 nitrogen and oxygen atoms in total. The monoisotopic (exact) mass is 515 g/mol. The second-order valence-corrected chi connectivity index (χ2v) is 9.00. The molecule has 0 unspecified atom stereocenters. The van der Waals surface area contributed by atoms with Crippen LogP contribution in [-0.4, -0.2) is 48.8 Å². The summed E-state index contributed by atoms with van der Waals surface area (Å²) >= 11 is 0. The molecule has 0 amide bonds. The molecule has 4 heterocycles. The van der Waals surface area contributed by atoms with Crippen molar-refractivity contribution in [1.82, 2.24) is 24.5 Å². The van der Waals surface area contributed by atoms with Crippen molar-refractivity contribution in [3.05, 3.63) is 59.5 Å². The van der Waals surface area contributed by atoms with Crippen LogP contribution in [-0.2, 0) is 7.05 Å². The summed E-state index contributed by atoms with van der Waals surface area (Å²) in [6.45, 7) is 10.1. The Morgan fingerprint density at radius 2 is 1.68 bits per heavy atom. The summed E-state index contributed by atoms with van der Waals surface area (Å²) in [5.74, 6) is 0.417. The van der Waals surface area contributed by atoms with E-state index in [9.17, 15) is 9.90 Å². The predicted molar refractivity (Wildman–Crippen MR) is 142 cm³/mol. The number of ether oxygens (including phenoxy) is 2. The molecule has 0 aliphatic rings. The average Bonchev–Trinajstić information content (AvgIpc) is 3.52. The van der Waals surface area contributed by atoms with Crippen LogP contribution >= 0.6 is 0 Å². The van der Waals surface area contributed by atoms with Gasteiger partial charge in [0, 0.05) is 47.9 Å². The topological polar surface area (TPSA) is 117 Å². The molecule has 5 aromatic rings. The van der Waals surface area contributed by atoms with E-state index in [-0.39, 0.29) is 5.56 Å². The first-order valence-electron chi connectivity index (χ1n) is 12.4. The second-order valence-electron chi connectivity index (χ2n) is 9.00. The van der Waals surface area contributed by atoms with Crippen LogP contribution in [0.4, 0.5) is 0 Å². The molecule has 0 aliphatic heterocycles. The van der Waals surface area contributed by atoms with E-state index in [1.54, 1.807) is 4.68 Å². The first-order valence-corrected chi connectivity index (χ1v) is 12.4. The van der Waals surface area contributed by atoms with Crippen LogP contribution in [0.1, 0.15) is 41.4 Å². The predicted octanol–water partition coefficient (Wildman–Crippen LogP) is 5.50. The fourth-order valence-electron chi connectivity index (χ4n) is 4.86. The minimum absolute atomic E-state index is 0.0787. The van der Waals surface area contributed by atoms with Crippen molar-refractivity contribution in [1.29, 1.82) is 0 Å². The van der Waals surface area contributed by atoms with Crippen LogP contribution in [0.3, 0.4) is 0 Å². The molecule has 0 saturated heterocycles. The Labute approximate surface area is 219 Å². The van der Waals surface area contributed by atoms with Gasteiger partial charge in [0.05, 0.1) is 41.2 Å². The van der Waals surface area contributed by atoms with Gasteiger partial charge < -0.3 is 23.7 Å². The molecule has 38 heavy (non-hydrogen) atoms. The number of aromatic carboxylic acids is 1. The highest BCUT2D eigenvalue weighted by Gasteiger charge is 2.24. The first-order chi connectivity index (χ1) is 18.2. The number of aryl methyl sites for hydroxylation is 4. The molecule has 1 aromatic carbocycles. The SMILES string of the molecule is CCOc1cc(C(=O)O)cc(OCC)c1-n1cc(-c2cn(C)nc2C)c2ncc(-c3c(C)noc3C)cc21. The number of nitrogens with zero attached hydrogens (tertiary/aromatic N) is 5. The lowest BCUT2D eigenvalue weighted by molar-refractivity contribution is 0.0695. The minimum atomic E-state index is -1.06. The Bertz CT molecular complexity index is 1630. The summed E-state index contributed by atoms with van der Waals surface area (Å²) in [4.78, 5) is 16.8. The lowest BCUT2D eigenvalue weighted by atomic mass is 10.0. The van der Waals surface area contributed by atoms with E-state index < -0.39 is 5.97 Å². The van der Waals surface area contributed by atoms with Crippen molar-refractivity contribution < 1.29 is 23.9 Å². The number of hydrogen-bond donors (Lipinski definition) is 1. The first kappa shape index (κ1) is 25.1. The van der Waals surface area contributed by atoms with Crippen molar-refractivity contribution in [2.24, 2.45) is 7.05 Å². The molecule has 5 rings (SSSR count). The molecule has 0 spiro atoms. The molecule has 0 atom stereocenters. The van der Waals surface area contributed by atoms with Gasteiger partial charge in [-0.3, -0.25) is 9.67 Å². The van der Waals surface area contributed by atoms with Gasteiger partial charge in [0.2, 0.25) is 0 Å². The highest BCUT2D eigenvalue weighted by atomic mass is 16.5. The normalized spacial score (nSPS) is 11.3. The standard InChI is InChI=1S/C28H29N5O5/c1-7-36-23-10-18(28(34)35)11-24(37-8-2)27(23)33-14-21(20-13-32(6)30-15(20)3)26-22(33)9-19(12-29-26)25-16(4)31-38-17(25)5/h9-14H,7-8H2,1-6H3,(H,34,35). The van der Waals surface area contributed by atoms with Gasteiger partial charge in [-0.25, -0.2) is 4.79 Å². The average molecular weight is 516 g/mol. The molecule has 10 heteroatoms. The highest BCUT2D eigenvalue weighted by molar-refractivity contribution is 5.97. The van der Waals surface area contributed by atoms with Crippen molar-refractivity contribution in [2.75, 3.05) is 13.2 Å². The lowest BCUT2D eigenvalue weighted by Gasteiger charge is -2.18. The third-order valence-corrected chi connectivity index (χ3v) is 6.39. The third-order valence-electron chi connectivity index (χ3n) is 6.39. The molecule has 1 N–H and O–H groups in total. The van der Waals surface area contributed by atoms with Crippen LogP contribution in [0.5, 0.6) is 11.5 Å². The molecular formula is C28H29N5O5. The zero-order valence-corrected chi connectivity index (χ0v) is 22.2. The quantitative estimate of drug-likeness (QED) is 0.288. The molecule has 4 aromatic heterocycles. The van der Waals surface area contributed by atoms with E-state index in [2.05, 4.69) is 10.3 Å². The Hall–Kier alpha value is -4.60. The number of hydrogen-bond acceptors (Lipinski definition) is 7. The van der Waals surface area contributed by atoms with Gasteiger partial charge >= 0.3 is 5.97 Å². The molecule has 0 aliphatic carbocycles. The fourth-order valence-corrected chi connectivity index (χ4v) is 4.86. The number of carbonyl (C=O) groups is 1. The maximum atomic E-state index is 11.9. The van der Waals surface area contributed by atoms with Crippen molar-refractivity contribution in [2.45, 2.75) is 34.6 Å².